The Labute approximate surface area is 90.5 Å². The van der Waals surface area contributed by atoms with Crippen LogP contribution in [0.3, 0.4) is 0 Å². The van der Waals surface area contributed by atoms with Crippen LogP contribution in [0.25, 0.3) is 0 Å². The first-order chi connectivity index (χ1) is 6.75. The van der Waals surface area contributed by atoms with Crippen molar-refractivity contribution in [1.29, 1.82) is 0 Å². The zero-order valence-electron chi connectivity index (χ0n) is 8.99. The summed E-state index contributed by atoms with van der Waals surface area (Å²) in [7, 11) is 0. The highest BCUT2D eigenvalue weighted by atomic mass is 32.1. The van der Waals surface area contributed by atoms with Gasteiger partial charge < -0.3 is 5.32 Å². The predicted molar refractivity (Wildman–Crippen MR) is 62.8 cm³/mol. The van der Waals surface area contributed by atoms with Gasteiger partial charge in [-0.15, -0.1) is 0 Å². The van der Waals surface area contributed by atoms with Crippen LogP contribution in [-0.4, -0.2) is 12.1 Å². The van der Waals surface area contributed by atoms with E-state index in [-0.39, 0.29) is 0 Å². The van der Waals surface area contributed by atoms with Crippen molar-refractivity contribution in [3.05, 3.63) is 22.4 Å². The normalized spacial score (nSPS) is 20.7. The van der Waals surface area contributed by atoms with E-state index in [0.29, 0.717) is 6.04 Å². The van der Waals surface area contributed by atoms with Gasteiger partial charge in [0, 0.05) is 12.1 Å². The van der Waals surface area contributed by atoms with E-state index in [0.717, 1.165) is 12.0 Å². The Hall–Kier alpha value is -0.340. The van der Waals surface area contributed by atoms with E-state index in [4.69, 9.17) is 0 Å². The number of thiophene rings is 1. The zero-order chi connectivity index (χ0) is 9.97. The molecule has 0 bridgehead atoms. The van der Waals surface area contributed by atoms with Crippen molar-refractivity contribution in [3.8, 4) is 0 Å². The molecule has 0 amide bonds. The molecule has 78 valence electrons. The lowest BCUT2D eigenvalue weighted by Crippen LogP contribution is -2.34. The topological polar surface area (TPSA) is 12.0 Å². The summed E-state index contributed by atoms with van der Waals surface area (Å²) in [6.07, 6.45) is 3.98. The molecule has 1 aliphatic carbocycles. The molecule has 2 heteroatoms. The highest BCUT2D eigenvalue weighted by molar-refractivity contribution is 7.07. The summed E-state index contributed by atoms with van der Waals surface area (Å²) < 4.78 is 0. The van der Waals surface area contributed by atoms with Crippen molar-refractivity contribution in [3.63, 3.8) is 0 Å². The predicted octanol–water partition coefficient (Wildman–Crippen LogP) is 3.07. The average molecular weight is 209 g/mol. The Bertz CT molecular complexity index is 264. The number of hydrogen-bond donors (Lipinski definition) is 1. The van der Waals surface area contributed by atoms with Gasteiger partial charge in [0.1, 0.15) is 0 Å². The van der Waals surface area contributed by atoms with Crippen LogP contribution in [0.4, 0.5) is 0 Å². The Morgan fingerprint density at radius 1 is 1.50 bits per heavy atom. The van der Waals surface area contributed by atoms with Crippen molar-refractivity contribution in [2.24, 2.45) is 5.92 Å². The molecule has 2 unspecified atom stereocenters. The highest BCUT2D eigenvalue weighted by Gasteiger charge is 2.24. The van der Waals surface area contributed by atoms with Crippen LogP contribution >= 0.6 is 11.3 Å². The van der Waals surface area contributed by atoms with Gasteiger partial charge in [0.2, 0.25) is 0 Å². The van der Waals surface area contributed by atoms with Gasteiger partial charge in [-0.3, -0.25) is 0 Å². The van der Waals surface area contributed by atoms with Crippen LogP contribution in [0.1, 0.15) is 32.3 Å². The second kappa shape index (κ2) is 4.45. The van der Waals surface area contributed by atoms with E-state index in [1.165, 1.54) is 24.8 Å². The van der Waals surface area contributed by atoms with E-state index in [1.54, 1.807) is 11.3 Å². The molecule has 2 rings (SSSR count). The molecular formula is C12H19NS. The van der Waals surface area contributed by atoms with Crippen molar-refractivity contribution < 1.29 is 0 Å². The molecule has 2 atom stereocenters. The lowest BCUT2D eigenvalue weighted by Gasteiger charge is -2.20. The monoisotopic (exact) mass is 209 g/mol. The molecule has 1 aromatic rings. The first kappa shape index (κ1) is 10.2. The van der Waals surface area contributed by atoms with Gasteiger partial charge >= 0.3 is 0 Å². The molecule has 1 heterocycles. The summed E-state index contributed by atoms with van der Waals surface area (Å²) in [6, 6.07) is 3.72. The third kappa shape index (κ3) is 2.82. The summed E-state index contributed by atoms with van der Waals surface area (Å²) in [5, 5.41) is 8.10. The van der Waals surface area contributed by atoms with Crippen LogP contribution in [0.15, 0.2) is 16.8 Å². The first-order valence-electron chi connectivity index (χ1n) is 5.53. The van der Waals surface area contributed by atoms with Gasteiger partial charge in [-0.2, -0.15) is 11.3 Å². The van der Waals surface area contributed by atoms with Gasteiger partial charge in [0.05, 0.1) is 0 Å². The van der Waals surface area contributed by atoms with Crippen molar-refractivity contribution in [2.45, 2.75) is 45.2 Å². The maximum atomic E-state index is 3.67. The van der Waals surface area contributed by atoms with Crippen molar-refractivity contribution >= 4 is 11.3 Å². The summed E-state index contributed by atoms with van der Waals surface area (Å²) >= 11 is 1.80. The lowest BCUT2D eigenvalue weighted by atomic mass is 9.96. The van der Waals surface area contributed by atoms with Crippen LogP contribution < -0.4 is 5.32 Å². The van der Waals surface area contributed by atoms with Gasteiger partial charge in [-0.25, -0.2) is 0 Å². The fourth-order valence-electron chi connectivity index (χ4n) is 1.74. The molecule has 0 saturated heterocycles. The minimum Gasteiger partial charge on any atom is -0.311 e. The van der Waals surface area contributed by atoms with E-state index < -0.39 is 0 Å². The summed E-state index contributed by atoms with van der Waals surface area (Å²) in [5.41, 5.74) is 1.49. The van der Waals surface area contributed by atoms with Crippen molar-refractivity contribution in [1.82, 2.24) is 5.32 Å². The fraction of sp³-hybridized carbons (Fsp3) is 0.667. The van der Waals surface area contributed by atoms with Gasteiger partial charge in [-0.05, 0) is 54.5 Å². The van der Waals surface area contributed by atoms with E-state index in [2.05, 4.69) is 36.0 Å². The molecule has 1 aliphatic rings. The van der Waals surface area contributed by atoms with Crippen LogP contribution in [0.2, 0.25) is 0 Å². The average Bonchev–Trinajstić information content (AvgIpc) is 2.81. The molecule has 14 heavy (non-hydrogen) atoms. The molecule has 1 nitrogen and oxygen atoms in total. The molecule has 0 radical (unpaired) electrons. The molecule has 1 saturated carbocycles. The first-order valence-corrected chi connectivity index (χ1v) is 6.47. The smallest absolute Gasteiger partial charge is 0.00708 e. The fourth-order valence-corrected chi connectivity index (χ4v) is 2.42. The molecular weight excluding hydrogens is 190 g/mol. The molecule has 1 N–H and O–H groups in total. The zero-order valence-corrected chi connectivity index (χ0v) is 9.81. The molecule has 0 aromatic carbocycles. The quantitative estimate of drug-likeness (QED) is 0.786. The lowest BCUT2D eigenvalue weighted by molar-refractivity contribution is 0.396. The van der Waals surface area contributed by atoms with Crippen molar-refractivity contribution in [2.75, 3.05) is 0 Å². The molecule has 0 spiro atoms. The maximum absolute atomic E-state index is 3.67. The second-order valence-electron chi connectivity index (χ2n) is 4.54. The third-order valence-electron chi connectivity index (χ3n) is 3.07. The number of hydrogen-bond acceptors (Lipinski definition) is 2. The molecule has 1 fully saturated rings. The van der Waals surface area contributed by atoms with Gasteiger partial charge in [0.25, 0.3) is 0 Å². The van der Waals surface area contributed by atoms with Crippen LogP contribution in [0.5, 0.6) is 0 Å². The minimum absolute atomic E-state index is 0.655. The van der Waals surface area contributed by atoms with E-state index >= 15 is 0 Å². The largest absolute Gasteiger partial charge is 0.311 e. The Balaban J connectivity index is 1.78. The SMILES string of the molecule is CC(Cc1ccsc1)C(C)NC1CC1. The molecule has 1 aromatic heterocycles. The summed E-state index contributed by atoms with van der Waals surface area (Å²) in [4.78, 5) is 0. The van der Waals surface area contributed by atoms with Gasteiger partial charge in [-0.1, -0.05) is 6.92 Å². The minimum atomic E-state index is 0.655. The summed E-state index contributed by atoms with van der Waals surface area (Å²) in [6.45, 7) is 4.66. The van der Waals surface area contributed by atoms with Crippen LogP contribution in [-0.2, 0) is 6.42 Å². The highest BCUT2D eigenvalue weighted by Crippen LogP contribution is 2.22. The Morgan fingerprint density at radius 3 is 2.86 bits per heavy atom. The standard InChI is InChI=1S/C12H19NS/c1-9(7-11-5-6-14-8-11)10(2)13-12-3-4-12/h5-6,8-10,12-13H,3-4,7H2,1-2H3. The Kier molecular flexibility index (Phi) is 3.24. The van der Waals surface area contributed by atoms with E-state index in [9.17, 15) is 0 Å². The number of rotatable bonds is 5. The molecule has 0 aliphatic heterocycles. The second-order valence-corrected chi connectivity index (χ2v) is 5.32. The maximum Gasteiger partial charge on any atom is 0.00708 e. The Morgan fingerprint density at radius 2 is 2.29 bits per heavy atom. The number of nitrogens with one attached hydrogen (secondary N) is 1. The van der Waals surface area contributed by atoms with Gasteiger partial charge in [0.15, 0.2) is 0 Å². The van der Waals surface area contributed by atoms with E-state index in [1.807, 2.05) is 0 Å². The summed E-state index contributed by atoms with van der Waals surface area (Å²) in [5.74, 6) is 0.741. The third-order valence-corrected chi connectivity index (χ3v) is 3.80. The van der Waals surface area contributed by atoms with Crippen LogP contribution in [0, 0.1) is 5.92 Å².